The summed E-state index contributed by atoms with van der Waals surface area (Å²) >= 11 is 3.61. The summed E-state index contributed by atoms with van der Waals surface area (Å²) < 4.78 is 1.15. The van der Waals surface area contributed by atoms with Crippen LogP contribution in [0.15, 0.2) is 28.7 Å². The molecule has 1 aliphatic rings. The Morgan fingerprint density at radius 1 is 1.33 bits per heavy atom. The lowest BCUT2D eigenvalue weighted by Crippen LogP contribution is -2.44. The molecule has 0 radical (unpaired) electrons. The van der Waals surface area contributed by atoms with Gasteiger partial charge in [0.2, 0.25) is 5.91 Å². The molecule has 1 saturated heterocycles. The van der Waals surface area contributed by atoms with Crippen molar-refractivity contribution in [3.63, 3.8) is 0 Å². The molecule has 3 nitrogen and oxygen atoms in total. The zero-order chi connectivity index (χ0) is 15.2. The first kappa shape index (κ1) is 16.5. The third-order valence-corrected chi connectivity index (χ3v) is 5.06. The van der Waals surface area contributed by atoms with Crippen molar-refractivity contribution in [2.24, 2.45) is 5.92 Å². The van der Waals surface area contributed by atoms with Crippen LogP contribution in [0.25, 0.3) is 0 Å². The highest BCUT2D eigenvalue weighted by atomic mass is 79.9. The highest BCUT2D eigenvalue weighted by molar-refractivity contribution is 9.10. The number of piperidine rings is 1. The van der Waals surface area contributed by atoms with Crippen molar-refractivity contribution in [3.8, 4) is 0 Å². The van der Waals surface area contributed by atoms with Crippen molar-refractivity contribution >= 4 is 21.8 Å². The summed E-state index contributed by atoms with van der Waals surface area (Å²) in [5.74, 6) is 0.498. The minimum absolute atomic E-state index is 0.168. The van der Waals surface area contributed by atoms with Gasteiger partial charge in [0.05, 0.1) is 5.92 Å². The summed E-state index contributed by atoms with van der Waals surface area (Å²) in [5, 5.41) is 0. The van der Waals surface area contributed by atoms with Gasteiger partial charge in [-0.25, -0.2) is 0 Å². The highest BCUT2D eigenvalue weighted by Gasteiger charge is 2.28. The van der Waals surface area contributed by atoms with E-state index in [1.165, 1.54) is 5.56 Å². The van der Waals surface area contributed by atoms with Crippen molar-refractivity contribution < 1.29 is 4.79 Å². The van der Waals surface area contributed by atoms with Crippen LogP contribution >= 0.6 is 15.9 Å². The van der Waals surface area contributed by atoms with E-state index >= 15 is 0 Å². The maximum Gasteiger partial charge on any atom is 0.226 e. The lowest BCUT2D eigenvalue weighted by molar-refractivity contribution is -0.137. The van der Waals surface area contributed by atoms with Crippen LogP contribution in [0.5, 0.6) is 0 Å². The van der Waals surface area contributed by atoms with Crippen LogP contribution in [0.4, 0.5) is 0 Å². The molecule has 0 saturated carbocycles. The zero-order valence-corrected chi connectivity index (χ0v) is 14.6. The summed E-state index contributed by atoms with van der Waals surface area (Å²) in [5.41, 5.74) is 1.30. The lowest BCUT2D eigenvalue weighted by Gasteiger charge is -2.34. The van der Waals surface area contributed by atoms with Gasteiger partial charge in [-0.05, 0) is 44.9 Å². The predicted octanol–water partition coefficient (Wildman–Crippen LogP) is 3.53. The average Bonchev–Trinajstić information content (AvgIpc) is 2.51. The maximum atomic E-state index is 12.5. The first-order valence-electron chi connectivity index (χ1n) is 7.90. The van der Waals surface area contributed by atoms with Crippen molar-refractivity contribution in [2.45, 2.75) is 33.2 Å². The molecule has 0 unspecified atom stereocenters. The summed E-state index contributed by atoms with van der Waals surface area (Å²) in [4.78, 5) is 16.9. The Morgan fingerprint density at radius 2 is 2.05 bits per heavy atom. The number of likely N-dealkylation sites (tertiary alicyclic amines) is 1. The molecule has 0 aromatic heterocycles. The fourth-order valence-electron chi connectivity index (χ4n) is 3.06. The van der Waals surface area contributed by atoms with Crippen LogP contribution in [0.3, 0.4) is 0 Å². The molecule has 4 heteroatoms. The molecular formula is C17H25BrN2O. The van der Waals surface area contributed by atoms with Gasteiger partial charge < -0.3 is 4.90 Å². The van der Waals surface area contributed by atoms with Crippen LogP contribution in [0.1, 0.15) is 32.3 Å². The Hall–Kier alpha value is -0.870. The lowest BCUT2D eigenvalue weighted by atomic mass is 9.96. The second-order valence-electron chi connectivity index (χ2n) is 5.68. The molecule has 1 heterocycles. The van der Waals surface area contributed by atoms with Gasteiger partial charge in [0, 0.05) is 30.7 Å². The molecule has 21 heavy (non-hydrogen) atoms. The smallest absolute Gasteiger partial charge is 0.226 e. The van der Waals surface area contributed by atoms with Crippen molar-refractivity contribution in [3.05, 3.63) is 34.3 Å². The van der Waals surface area contributed by atoms with Crippen LogP contribution in [0.2, 0.25) is 0 Å². The van der Waals surface area contributed by atoms with E-state index in [1.807, 2.05) is 11.0 Å². The van der Waals surface area contributed by atoms with Crippen LogP contribution in [-0.4, -0.2) is 41.9 Å². The second kappa shape index (κ2) is 7.95. The van der Waals surface area contributed by atoms with Gasteiger partial charge >= 0.3 is 0 Å². The molecule has 1 fully saturated rings. The number of hydrogen-bond acceptors (Lipinski definition) is 2. The third kappa shape index (κ3) is 4.30. The van der Waals surface area contributed by atoms with E-state index in [4.69, 9.17) is 0 Å². The summed E-state index contributed by atoms with van der Waals surface area (Å²) in [6, 6.07) is 8.34. The topological polar surface area (TPSA) is 23.6 Å². The van der Waals surface area contributed by atoms with Gasteiger partial charge in [-0.2, -0.15) is 0 Å². The fraction of sp³-hybridized carbons (Fsp3) is 0.588. The molecular weight excluding hydrogens is 328 g/mol. The standard InChI is InChI=1S/C17H25BrN2O/c1-3-20(4-2)17(21)15-9-7-11-19(13-15)12-14-8-5-6-10-16(14)18/h5-6,8,10,15H,3-4,7,9,11-13H2,1-2H3/t15-/m0/s1. The number of hydrogen-bond donors (Lipinski definition) is 0. The van der Waals surface area contributed by atoms with Crippen molar-refractivity contribution in [1.29, 1.82) is 0 Å². The number of halogens is 1. The molecule has 116 valence electrons. The van der Waals surface area contributed by atoms with Gasteiger partial charge in [-0.3, -0.25) is 9.69 Å². The number of carbonyl (C=O) groups is 1. The minimum atomic E-state index is 0.168. The molecule has 0 bridgehead atoms. The SMILES string of the molecule is CCN(CC)C(=O)[C@H]1CCCN(Cc2ccccc2Br)C1. The predicted molar refractivity (Wildman–Crippen MR) is 90.1 cm³/mol. The van der Waals surface area contributed by atoms with Crippen LogP contribution in [0, 0.1) is 5.92 Å². The molecule has 2 rings (SSSR count). The Balaban J connectivity index is 1.98. The minimum Gasteiger partial charge on any atom is -0.343 e. The quantitative estimate of drug-likeness (QED) is 0.809. The van der Waals surface area contributed by atoms with E-state index in [0.29, 0.717) is 5.91 Å². The van der Waals surface area contributed by atoms with Gasteiger partial charge in [0.25, 0.3) is 0 Å². The molecule has 0 spiro atoms. The monoisotopic (exact) mass is 352 g/mol. The van der Waals surface area contributed by atoms with E-state index in [-0.39, 0.29) is 5.92 Å². The molecule has 0 N–H and O–H groups in total. The Bertz CT molecular complexity index is 474. The van der Waals surface area contributed by atoms with Crippen LogP contribution < -0.4 is 0 Å². The number of carbonyl (C=O) groups excluding carboxylic acids is 1. The third-order valence-electron chi connectivity index (χ3n) is 4.28. The largest absolute Gasteiger partial charge is 0.343 e. The highest BCUT2D eigenvalue weighted by Crippen LogP contribution is 2.23. The van der Waals surface area contributed by atoms with Gasteiger partial charge in [-0.15, -0.1) is 0 Å². The van der Waals surface area contributed by atoms with E-state index in [0.717, 1.165) is 50.0 Å². The first-order chi connectivity index (χ1) is 10.2. The number of benzene rings is 1. The zero-order valence-electron chi connectivity index (χ0n) is 13.0. The second-order valence-corrected chi connectivity index (χ2v) is 6.53. The van der Waals surface area contributed by atoms with E-state index in [9.17, 15) is 4.79 Å². The number of nitrogens with zero attached hydrogens (tertiary/aromatic N) is 2. The van der Waals surface area contributed by atoms with Crippen molar-refractivity contribution in [2.75, 3.05) is 26.2 Å². The van der Waals surface area contributed by atoms with Gasteiger partial charge in [0.1, 0.15) is 0 Å². The molecule has 1 aromatic rings. The van der Waals surface area contributed by atoms with E-state index in [1.54, 1.807) is 0 Å². The molecule has 1 aromatic carbocycles. The Morgan fingerprint density at radius 3 is 2.71 bits per heavy atom. The summed E-state index contributed by atoms with van der Waals surface area (Å²) in [6.45, 7) is 8.64. The van der Waals surface area contributed by atoms with Gasteiger partial charge in [-0.1, -0.05) is 34.1 Å². The van der Waals surface area contributed by atoms with E-state index in [2.05, 4.69) is 52.9 Å². The van der Waals surface area contributed by atoms with E-state index < -0.39 is 0 Å². The molecule has 1 atom stereocenters. The molecule has 1 amide bonds. The van der Waals surface area contributed by atoms with Crippen LogP contribution in [-0.2, 0) is 11.3 Å². The Kier molecular flexibility index (Phi) is 6.24. The number of amides is 1. The summed E-state index contributed by atoms with van der Waals surface area (Å²) in [6.07, 6.45) is 2.14. The Labute approximate surface area is 136 Å². The van der Waals surface area contributed by atoms with Crippen molar-refractivity contribution in [1.82, 2.24) is 9.80 Å². The van der Waals surface area contributed by atoms with Gasteiger partial charge in [0.15, 0.2) is 0 Å². The summed E-state index contributed by atoms with van der Waals surface area (Å²) in [7, 11) is 0. The molecule has 0 aliphatic carbocycles. The molecule has 1 aliphatic heterocycles. The fourth-order valence-corrected chi connectivity index (χ4v) is 3.47. The number of rotatable bonds is 5. The average molecular weight is 353 g/mol. The maximum absolute atomic E-state index is 12.5. The normalized spacial score (nSPS) is 19.5. The first-order valence-corrected chi connectivity index (χ1v) is 8.69.